The lowest BCUT2D eigenvalue weighted by molar-refractivity contribution is -0.138. The normalized spacial score (nSPS) is 9.94. The van der Waals surface area contributed by atoms with E-state index in [1.807, 2.05) is 0 Å². The van der Waals surface area contributed by atoms with Crippen molar-refractivity contribution in [1.29, 1.82) is 0 Å². The Hall–Kier alpha value is -1.06. The van der Waals surface area contributed by atoms with Crippen LogP contribution in [0.4, 0.5) is 0 Å². The fraction of sp³-hybridized carbons (Fsp3) is 0.273. The molecule has 0 N–H and O–H groups in total. The lowest BCUT2D eigenvalue weighted by Crippen LogP contribution is -2.09. The van der Waals surface area contributed by atoms with E-state index in [9.17, 15) is 4.79 Å². The third-order valence-corrected chi connectivity index (χ3v) is 2.56. The van der Waals surface area contributed by atoms with Gasteiger partial charge in [0, 0.05) is 24.4 Å². The Balaban J connectivity index is 2.81. The maximum Gasteiger partial charge on any atom is 0.333 e. The quantitative estimate of drug-likeness (QED) is 0.617. The minimum absolute atomic E-state index is 0.263. The van der Waals surface area contributed by atoms with Crippen LogP contribution in [0.15, 0.2) is 24.5 Å². The molecule has 0 atom stereocenters. The molecule has 1 aromatic heterocycles. The summed E-state index contributed by atoms with van der Waals surface area (Å²) in [7, 11) is 0. The molecule has 0 aliphatic rings. The summed E-state index contributed by atoms with van der Waals surface area (Å²) < 4.78 is 4.82. The maximum absolute atomic E-state index is 11.3. The van der Waals surface area contributed by atoms with E-state index >= 15 is 0 Å². The number of halogens is 2. The van der Waals surface area contributed by atoms with Gasteiger partial charge in [-0.2, -0.15) is 0 Å². The van der Waals surface area contributed by atoms with E-state index in [2.05, 4.69) is 11.6 Å². The van der Waals surface area contributed by atoms with Gasteiger partial charge in [0.1, 0.15) is 0 Å². The van der Waals surface area contributed by atoms with Crippen LogP contribution in [0.1, 0.15) is 12.5 Å². The second-order valence-electron chi connectivity index (χ2n) is 3.08. The molecule has 0 fully saturated rings. The minimum atomic E-state index is -0.438. The van der Waals surface area contributed by atoms with E-state index in [-0.39, 0.29) is 6.42 Å². The fourth-order valence-corrected chi connectivity index (χ4v) is 1.62. The van der Waals surface area contributed by atoms with Gasteiger partial charge in [-0.1, -0.05) is 29.8 Å². The van der Waals surface area contributed by atoms with Gasteiger partial charge in [-0.3, -0.25) is 4.98 Å². The molecule has 0 saturated carbocycles. The molecule has 0 aliphatic heterocycles. The first-order valence-corrected chi connectivity index (χ1v) is 5.44. The van der Waals surface area contributed by atoms with Gasteiger partial charge in [0.25, 0.3) is 0 Å². The predicted molar refractivity (Wildman–Crippen MR) is 63.7 cm³/mol. The Morgan fingerprint density at radius 3 is 2.50 bits per heavy atom. The van der Waals surface area contributed by atoms with E-state index in [4.69, 9.17) is 27.9 Å². The molecular formula is C11H11Cl2NO2. The molecule has 1 rings (SSSR count). The van der Waals surface area contributed by atoms with Gasteiger partial charge in [0.2, 0.25) is 0 Å². The molecule has 0 aromatic carbocycles. The number of rotatable bonds is 4. The summed E-state index contributed by atoms with van der Waals surface area (Å²) in [5.41, 5.74) is 0.952. The van der Waals surface area contributed by atoms with Gasteiger partial charge in [-0.05, 0) is 12.5 Å². The molecular weight excluding hydrogens is 249 g/mol. The zero-order valence-electron chi connectivity index (χ0n) is 8.80. The van der Waals surface area contributed by atoms with Crippen LogP contribution in [0.25, 0.3) is 0 Å². The molecule has 0 saturated heterocycles. The minimum Gasteiger partial charge on any atom is -0.463 e. The molecule has 86 valence electrons. The summed E-state index contributed by atoms with van der Waals surface area (Å²) in [6.45, 7) is 5.69. The van der Waals surface area contributed by atoms with Gasteiger partial charge >= 0.3 is 5.97 Å². The highest BCUT2D eigenvalue weighted by atomic mass is 35.5. The monoisotopic (exact) mass is 259 g/mol. The largest absolute Gasteiger partial charge is 0.463 e. The second kappa shape index (κ2) is 5.87. The molecule has 0 aliphatic carbocycles. The van der Waals surface area contributed by atoms with E-state index < -0.39 is 5.97 Å². The van der Waals surface area contributed by atoms with Crippen LogP contribution in [-0.4, -0.2) is 17.6 Å². The van der Waals surface area contributed by atoms with Gasteiger partial charge in [-0.15, -0.1) is 0 Å². The smallest absolute Gasteiger partial charge is 0.333 e. The first-order valence-electron chi connectivity index (χ1n) is 4.69. The zero-order valence-corrected chi connectivity index (χ0v) is 10.3. The highest BCUT2D eigenvalue weighted by Gasteiger charge is 2.13. The van der Waals surface area contributed by atoms with Crippen molar-refractivity contribution in [3.05, 3.63) is 40.2 Å². The van der Waals surface area contributed by atoms with Crippen LogP contribution >= 0.6 is 23.2 Å². The van der Waals surface area contributed by atoms with Crippen molar-refractivity contribution in [3.8, 4) is 0 Å². The number of pyridine rings is 1. The second-order valence-corrected chi connectivity index (χ2v) is 3.90. The fourth-order valence-electron chi connectivity index (χ4n) is 1.13. The Labute approximate surface area is 104 Å². The molecule has 0 unspecified atom stereocenters. The van der Waals surface area contributed by atoms with E-state index in [0.717, 1.165) is 0 Å². The summed E-state index contributed by atoms with van der Waals surface area (Å²) in [6.07, 6.45) is 3.21. The van der Waals surface area contributed by atoms with Crippen molar-refractivity contribution in [1.82, 2.24) is 4.98 Å². The molecule has 1 heterocycles. The van der Waals surface area contributed by atoms with Gasteiger partial charge in [0.05, 0.1) is 16.7 Å². The van der Waals surface area contributed by atoms with Crippen molar-refractivity contribution in [3.63, 3.8) is 0 Å². The van der Waals surface area contributed by atoms with Crippen molar-refractivity contribution in [2.24, 2.45) is 0 Å². The Kier molecular flexibility index (Phi) is 4.77. The highest BCUT2D eigenvalue weighted by Crippen LogP contribution is 2.25. The SMILES string of the molecule is C=C(Cc1c(Cl)cncc1Cl)C(=O)OCC. The zero-order chi connectivity index (χ0) is 12.1. The number of esters is 1. The summed E-state index contributed by atoms with van der Waals surface area (Å²) in [5.74, 6) is -0.438. The lowest BCUT2D eigenvalue weighted by Gasteiger charge is -2.08. The Morgan fingerprint density at radius 2 is 2.00 bits per heavy atom. The van der Waals surface area contributed by atoms with Gasteiger partial charge in [-0.25, -0.2) is 4.79 Å². The average molecular weight is 260 g/mol. The van der Waals surface area contributed by atoms with E-state index in [1.165, 1.54) is 12.4 Å². The Bertz CT molecular complexity index is 398. The van der Waals surface area contributed by atoms with Gasteiger partial charge in [0.15, 0.2) is 0 Å². The first-order chi connectivity index (χ1) is 7.56. The van der Waals surface area contributed by atoms with Crippen molar-refractivity contribution in [2.75, 3.05) is 6.61 Å². The van der Waals surface area contributed by atoms with Crippen LogP contribution in [0.3, 0.4) is 0 Å². The van der Waals surface area contributed by atoms with Crippen LogP contribution in [0.5, 0.6) is 0 Å². The maximum atomic E-state index is 11.3. The average Bonchev–Trinajstić information content (AvgIpc) is 2.23. The lowest BCUT2D eigenvalue weighted by atomic mass is 10.1. The van der Waals surface area contributed by atoms with E-state index in [1.54, 1.807) is 6.92 Å². The number of nitrogens with zero attached hydrogens (tertiary/aromatic N) is 1. The van der Waals surface area contributed by atoms with E-state index in [0.29, 0.717) is 27.8 Å². The number of carbonyl (C=O) groups excluding carboxylic acids is 1. The summed E-state index contributed by atoms with van der Waals surface area (Å²) >= 11 is 11.8. The number of hydrogen-bond acceptors (Lipinski definition) is 3. The number of ether oxygens (including phenoxy) is 1. The molecule has 16 heavy (non-hydrogen) atoms. The first kappa shape index (κ1) is 13.0. The Morgan fingerprint density at radius 1 is 1.44 bits per heavy atom. The third-order valence-electron chi connectivity index (χ3n) is 1.91. The van der Waals surface area contributed by atoms with Crippen LogP contribution in [0, 0.1) is 0 Å². The molecule has 0 spiro atoms. The van der Waals surface area contributed by atoms with Gasteiger partial charge < -0.3 is 4.74 Å². The topological polar surface area (TPSA) is 39.2 Å². The standard InChI is InChI=1S/C11H11Cl2NO2/c1-3-16-11(15)7(2)4-8-9(12)5-14-6-10(8)13/h5-6H,2-4H2,1H3. The molecule has 0 bridgehead atoms. The third kappa shape index (κ3) is 3.22. The van der Waals surface area contributed by atoms with Crippen molar-refractivity contribution in [2.45, 2.75) is 13.3 Å². The van der Waals surface area contributed by atoms with Crippen molar-refractivity contribution < 1.29 is 9.53 Å². The molecule has 5 heteroatoms. The number of carbonyl (C=O) groups is 1. The van der Waals surface area contributed by atoms with Crippen LogP contribution in [0.2, 0.25) is 10.0 Å². The van der Waals surface area contributed by atoms with Crippen LogP contribution in [-0.2, 0) is 16.0 Å². The summed E-state index contributed by atoms with van der Waals surface area (Å²) in [4.78, 5) is 15.2. The summed E-state index contributed by atoms with van der Waals surface area (Å²) in [5, 5.41) is 0.830. The summed E-state index contributed by atoms with van der Waals surface area (Å²) in [6, 6.07) is 0. The number of hydrogen-bond donors (Lipinski definition) is 0. The molecule has 1 aromatic rings. The predicted octanol–water partition coefficient (Wildman–Crippen LogP) is 3.05. The molecule has 3 nitrogen and oxygen atoms in total. The number of aromatic nitrogens is 1. The highest BCUT2D eigenvalue weighted by molar-refractivity contribution is 6.35. The molecule has 0 amide bonds. The molecule has 0 radical (unpaired) electrons. The van der Waals surface area contributed by atoms with Crippen molar-refractivity contribution >= 4 is 29.2 Å². The van der Waals surface area contributed by atoms with Crippen LogP contribution < -0.4 is 0 Å².